The topological polar surface area (TPSA) is 241 Å². The van der Waals surface area contributed by atoms with Crippen molar-refractivity contribution < 1.29 is 32.2 Å². The van der Waals surface area contributed by atoms with Crippen molar-refractivity contribution in [1.29, 1.82) is 10.5 Å². The summed E-state index contributed by atoms with van der Waals surface area (Å²) >= 11 is 2.84. The molecule has 17 heteroatoms. The number of nitrogens with one attached hydrogen (secondary N) is 1. The Balaban J connectivity index is 0.000000244. The summed E-state index contributed by atoms with van der Waals surface area (Å²) in [6.07, 6.45) is 2.90. The summed E-state index contributed by atoms with van der Waals surface area (Å²) in [5.41, 5.74) is 13.2. The number of rotatable bonds is 14. The van der Waals surface area contributed by atoms with Gasteiger partial charge in [-0.3, -0.25) is 22.8 Å². The van der Waals surface area contributed by atoms with Crippen LogP contribution in [0.2, 0.25) is 0 Å². The van der Waals surface area contributed by atoms with Crippen molar-refractivity contribution in [2.75, 3.05) is 24.4 Å². The first-order valence-corrected chi connectivity index (χ1v) is 22.2. The number of nitriles is 2. The SMILES string of the molecule is CS(=O)c1cc(-c2ccccc2OCc2ccccc2)[nH]c(=O)c1C#N.CS(=O)c1cc(-c2ccccc2OCc2ccccc2)nc(OCC(N)=O)c1C#N.NC(=O)CBr. The predicted octanol–water partition coefficient (Wildman–Crippen LogP) is 5.90. The molecule has 6 rings (SSSR count). The molecule has 0 aliphatic heterocycles. The smallest absolute Gasteiger partial charge is 0.267 e. The van der Waals surface area contributed by atoms with E-state index in [0.717, 1.165) is 11.1 Å². The number of benzene rings is 4. The number of hydrogen-bond donors (Lipinski definition) is 3. The average molecular weight is 924 g/mol. The van der Waals surface area contributed by atoms with Crippen LogP contribution >= 0.6 is 15.9 Å². The summed E-state index contributed by atoms with van der Waals surface area (Å²) in [4.78, 5) is 40.4. The number of carbonyl (C=O) groups excluding carboxylic acids is 2. The number of nitrogens with two attached hydrogens (primary N) is 2. The first kappa shape index (κ1) is 46.8. The van der Waals surface area contributed by atoms with E-state index >= 15 is 0 Å². The molecule has 312 valence electrons. The van der Waals surface area contributed by atoms with Crippen LogP contribution in [0.1, 0.15) is 22.3 Å². The number of primary amides is 2. The molecule has 0 radical (unpaired) electrons. The predicted molar refractivity (Wildman–Crippen MR) is 235 cm³/mol. The summed E-state index contributed by atoms with van der Waals surface area (Å²) in [5, 5.41) is 18.9. The van der Waals surface area contributed by atoms with Gasteiger partial charge in [0.15, 0.2) is 6.61 Å². The van der Waals surface area contributed by atoms with E-state index in [-0.39, 0.29) is 38.0 Å². The lowest BCUT2D eigenvalue weighted by atomic mass is 10.1. The average Bonchev–Trinajstić information content (AvgIpc) is 3.27. The molecule has 2 amide bonds. The van der Waals surface area contributed by atoms with Crippen LogP contribution in [0.15, 0.2) is 136 Å². The number of alkyl halides is 1. The quantitative estimate of drug-likeness (QED) is 0.109. The van der Waals surface area contributed by atoms with Gasteiger partial charge in [0.1, 0.15) is 48.0 Å². The van der Waals surface area contributed by atoms with Crippen molar-refractivity contribution in [2.24, 2.45) is 11.5 Å². The lowest BCUT2D eigenvalue weighted by Gasteiger charge is -2.14. The minimum Gasteiger partial charge on any atom is -0.488 e. The van der Waals surface area contributed by atoms with Crippen molar-refractivity contribution in [1.82, 2.24) is 9.97 Å². The van der Waals surface area contributed by atoms with Gasteiger partial charge in [-0.05, 0) is 47.5 Å². The summed E-state index contributed by atoms with van der Waals surface area (Å²) < 4.78 is 41.4. The minimum atomic E-state index is -1.49. The van der Waals surface area contributed by atoms with E-state index in [9.17, 15) is 28.1 Å². The highest BCUT2D eigenvalue weighted by molar-refractivity contribution is 9.09. The van der Waals surface area contributed by atoms with E-state index < -0.39 is 39.7 Å². The summed E-state index contributed by atoms with van der Waals surface area (Å²) in [6.45, 7) is 0.281. The zero-order valence-electron chi connectivity index (χ0n) is 32.8. The molecule has 0 aliphatic rings. The Bertz CT molecular complexity index is 2670. The van der Waals surface area contributed by atoms with E-state index in [1.807, 2.05) is 97.1 Å². The number of H-pyrrole nitrogens is 1. The Hall–Kier alpha value is -6.92. The second-order valence-corrected chi connectivity index (χ2v) is 15.7. The van der Waals surface area contributed by atoms with Crippen LogP contribution in [0, 0.1) is 22.7 Å². The number of para-hydroxylation sites is 2. The Morgan fingerprint density at radius 3 is 1.62 bits per heavy atom. The van der Waals surface area contributed by atoms with Gasteiger partial charge in [-0.15, -0.1) is 0 Å². The number of amides is 2. The van der Waals surface area contributed by atoms with Crippen molar-refractivity contribution in [3.05, 3.63) is 154 Å². The van der Waals surface area contributed by atoms with Crippen molar-refractivity contribution in [3.63, 3.8) is 0 Å². The molecule has 4 aromatic carbocycles. The van der Waals surface area contributed by atoms with Gasteiger partial charge in [0.2, 0.25) is 11.8 Å². The monoisotopic (exact) mass is 922 g/mol. The molecule has 2 unspecified atom stereocenters. The van der Waals surface area contributed by atoms with Gasteiger partial charge in [-0.1, -0.05) is 101 Å². The van der Waals surface area contributed by atoms with Crippen LogP contribution in [-0.4, -0.2) is 54.6 Å². The van der Waals surface area contributed by atoms with E-state index in [1.54, 1.807) is 36.4 Å². The Morgan fingerprint density at radius 2 is 1.15 bits per heavy atom. The number of aromatic amines is 1. The molecule has 61 heavy (non-hydrogen) atoms. The molecule has 0 fully saturated rings. The maximum atomic E-state index is 12.2. The van der Waals surface area contributed by atoms with Gasteiger partial charge < -0.3 is 30.7 Å². The molecule has 0 saturated heterocycles. The lowest BCUT2D eigenvalue weighted by molar-refractivity contribution is -0.120. The van der Waals surface area contributed by atoms with E-state index in [2.05, 4.69) is 31.6 Å². The number of ether oxygens (including phenoxy) is 3. The number of hydrogen-bond acceptors (Lipinski definition) is 11. The highest BCUT2D eigenvalue weighted by Gasteiger charge is 2.20. The normalized spacial score (nSPS) is 11.1. The highest BCUT2D eigenvalue weighted by Crippen LogP contribution is 2.34. The first-order valence-electron chi connectivity index (χ1n) is 17.9. The van der Waals surface area contributed by atoms with Gasteiger partial charge in [-0.2, -0.15) is 10.5 Å². The van der Waals surface area contributed by atoms with Crippen molar-refractivity contribution in [3.8, 4) is 52.0 Å². The van der Waals surface area contributed by atoms with E-state index in [0.29, 0.717) is 47.2 Å². The second kappa shape index (κ2) is 23.6. The molecule has 14 nitrogen and oxygen atoms in total. The summed E-state index contributed by atoms with van der Waals surface area (Å²) in [6, 6.07) is 40.8. The van der Waals surface area contributed by atoms with Gasteiger partial charge in [0.05, 0.1) is 48.1 Å². The van der Waals surface area contributed by atoms with Gasteiger partial charge in [-0.25, -0.2) is 4.98 Å². The molecule has 5 N–H and O–H groups in total. The third kappa shape index (κ3) is 13.8. The first-order chi connectivity index (χ1) is 29.4. The third-order valence-electron chi connectivity index (χ3n) is 8.09. The van der Waals surface area contributed by atoms with Gasteiger partial charge in [0.25, 0.3) is 11.5 Å². The number of halogens is 1. The Labute approximate surface area is 365 Å². The Kier molecular flexibility index (Phi) is 18.1. The summed E-state index contributed by atoms with van der Waals surface area (Å²) in [7, 11) is -2.95. The maximum Gasteiger partial charge on any atom is 0.267 e. The number of pyridine rings is 2. The Morgan fingerprint density at radius 1 is 0.689 bits per heavy atom. The zero-order chi connectivity index (χ0) is 44.3. The number of aromatic nitrogens is 2. The van der Waals surface area contributed by atoms with Crippen LogP contribution in [0.5, 0.6) is 17.4 Å². The molecule has 2 heterocycles. The molecule has 0 saturated carbocycles. The minimum absolute atomic E-state index is 0.00326. The highest BCUT2D eigenvalue weighted by atomic mass is 79.9. The van der Waals surface area contributed by atoms with Crippen LogP contribution < -0.4 is 31.2 Å². The molecule has 0 bridgehead atoms. The number of carbonyl (C=O) groups is 2. The molecular formula is C44H39BrN6O8S2. The third-order valence-corrected chi connectivity index (χ3v) is 10.5. The van der Waals surface area contributed by atoms with Crippen LogP contribution in [0.25, 0.3) is 22.5 Å². The molecule has 0 aliphatic carbocycles. The van der Waals surface area contributed by atoms with Gasteiger partial charge >= 0.3 is 0 Å². The van der Waals surface area contributed by atoms with E-state index in [4.69, 9.17) is 25.2 Å². The van der Waals surface area contributed by atoms with Crippen molar-refractivity contribution in [2.45, 2.75) is 23.0 Å². The van der Waals surface area contributed by atoms with Crippen LogP contribution in [-0.2, 0) is 44.4 Å². The fraction of sp³-hybridized carbons (Fsp3) is 0.136. The zero-order valence-corrected chi connectivity index (χ0v) is 36.1. The van der Waals surface area contributed by atoms with Crippen molar-refractivity contribution >= 4 is 49.3 Å². The second-order valence-electron chi connectivity index (χ2n) is 12.5. The lowest BCUT2D eigenvalue weighted by Crippen LogP contribution is -2.21. The maximum absolute atomic E-state index is 12.2. The van der Waals surface area contributed by atoms with Crippen LogP contribution in [0.3, 0.4) is 0 Å². The fourth-order valence-electron chi connectivity index (χ4n) is 5.31. The molecule has 0 spiro atoms. The fourth-order valence-corrected chi connectivity index (χ4v) is 6.72. The van der Waals surface area contributed by atoms with Crippen LogP contribution in [0.4, 0.5) is 0 Å². The molecule has 2 atom stereocenters. The molecule has 6 aromatic rings. The summed E-state index contributed by atoms with van der Waals surface area (Å²) in [5.74, 6) is 0.00974. The number of nitrogens with zero attached hydrogens (tertiary/aromatic N) is 3. The molecule has 2 aromatic heterocycles. The molecular weight excluding hydrogens is 885 g/mol. The largest absolute Gasteiger partial charge is 0.488 e. The van der Waals surface area contributed by atoms with E-state index in [1.165, 1.54) is 12.5 Å². The van der Waals surface area contributed by atoms with Gasteiger partial charge in [0, 0.05) is 23.6 Å². The standard InChI is InChI=1S/C22H19N3O4S.C20H16N2O3S.C2H4BrNO/c1-30(27)20-11-18(25-22(17(20)12-23)29-14-21(24)26)16-9-5-6-10-19(16)28-13-15-7-3-2-4-8-15;1-26(24)19-11-17(22-20(23)16(19)12-21)15-9-5-6-10-18(15)25-13-14-7-3-2-4-8-14;3-1-2(4)5/h2-11H,13-14H2,1H3,(H2,24,26);2-11H,13H2,1H3,(H,22,23);1H2,(H2,4,5).